The van der Waals surface area contributed by atoms with Crippen LogP contribution < -0.4 is 10.1 Å². The van der Waals surface area contributed by atoms with Gasteiger partial charge >= 0.3 is 0 Å². The van der Waals surface area contributed by atoms with Crippen LogP contribution in [-0.2, 0) is 6.54 Å². The largest absolute Gasteiger partial charge is 0.506 e. The Morgan fingerprint density at radius 1 is 1.16 bits per heavy atom. The molecule has 0 radical (unpaired) electrons. The lowest BCUT2D eigenvalue weighted by Crippen LogP contribution is -1.99. The maximum absolute atomic E-state index is 9.34. The quantitative estimate of drug-likeness (QED) is 0.866. The number of nitrogens with one attached hydrogen (secondary N) is 1. The van der Waals surface area contributed by atoms with Gasteiger partial charge in [-0.05, 0) is 48.9 Å². The summed E-state index contributed by atoms with van der Waals surface area (Å²) < 4.78 is 5.38. The lowest BCUT2D eigenvalue weighted by molar-refractivity contribution is 0.340. The third-order valence-corrected chi connectivity index (χ3v) is 2.98. The molecular weight excluding hydrogens is 262 g/mol. The summed E-state index contributed by atoms with van der Waals surface area (Å²) in [6.07, 6.45) is 0. The van der Waals surface area contributed by atoms with Gasteiger partial charge in [-0.15, -0.1) is 0 Å². The van der Waals surface area contributed by atoms with Crippen molar-refractivity contribution in [2.75, 3.05) is 11.9 Å². The molecule has 0 aromatic heterocycles. The maximum Gasteiger partial charge on any atom is 0.134 e. The molecule has 0 saturated carbocycles. The molecule has 2 aromatic rings. The number of benzene rings is 2. The van der Waals surface area contributed by atoms with Crippen LogP contribution >= 0.6 is 11.6 Å². The Balaban J connectivity index is 1.96. The summed E-state index contributed by atoms with van der Waals surface area (Å²) in [6.45, 7) is 3.27. The fourth-order valence-corrected chi connectivity index (χ4v) is 1.90. The number of phenolic OH excluding ortho intramolecular Hbond substituents is 1. The highest BCUT2D eigenvalue weighted by molar-refractivity contribution is 6.32. The van der Waals surface area contributed by atoms with Gasteiger partial charge in [0.15, 0.2) is 0 Å². The zero-order valence-electron chi connectivity index (χ0n) is 10.7. The molecule has 100 valence electrons. The molecule has 0 aliphatic carbocycles. The molecule has 4 heteroatoms. The van der Waals surface area contributed by atoms with Gasteiger partial charge in [-0.3, -0.25) is 0 Å². The van der Waals surface area contributed by atoms with Crippen molar-refractivity contribution in [3.63, 3.8) is 0 Å². The van der Waals surface area contributed by atoms with Crippen molar-refractivity contribution >= 4 is 17.3 Å². The van der Waals surface area contributed by atoms with Gasteiger partial charge in [-0.2, -0.15) is 0 Å². The van der Waals surface area contributed by atoms with Crippen molar-refractivity contribution < 1.29 is 9.84 Å². The lowest BCUT2D eigenvalue weighted by atomic mass is 10.2. The van der Waals surface area contributed by atoms with Crippen LogP contribution in [-0.4, -0.2) is 11.7 Å². The van der Waals surface area contributed by atoms with Crippen LogP contribution in [0.1, 0.15) is 12.5 Å². The molecule has 2 aromatic carbocycles. The highest BCUT2D eigenvalue weighted by atomic mass is 35.5. The summed E-state index contributed by atoms with van der Waals surface area (Å²) >= 11 is 5.86. The fourth-order valence-electron chi connectivity index (χ4n) is 1.70. The van der Waals surface area contributed by atoms with Crippen molar-refractivity contribution in [3.05, 3.63) is 53.1 Å². The second-order valence-electron chi connectivity index (χ2n) is 4.10. The molecule has 19 heavy (non-hydrogen) atoms. The highest BCUT2D eigenvalue weighted by Gasteiger charge is 2.00. The molecule has 0 bridgehead atoms. The number of phenols is 1. The Kier molecular flexibility index (Phi) is 4.53. The zero-order valence-corrected chi connectivity index (χ0v) is 11.4. The summed E-state index contributed by atoms with van der Waals surface area (Å²) in [5, 5.41) is 13.0. The van der Waals surface area contributed by atoms with Crippen LogP contribution in [0, 0.1) is 0 Å². The van der Waals surface area contributed by atoms with Crippen molar-refractivity contribution in [1.29, 1.82) is 0 Å². The van der Waals surface area contributed by atoms with Gasteiger partial charge in [-0.1, -0.05) is 17.7 Å². The van der Waals surface area contributed by atoms with Crippen molar-refractivity contribution in [2.45, 2.75) is 13.5 Å². The standard InChI is InChI=1S/C15H16ClNO2/c1-2-19-13-6-4-12(5-7-13)17-10-11-3-8-15(18)14(16)9-11/h3-9,17-18H,2,10H2,1H3. The van der Waals surface area contributed by atoms with Crippen LogP contribution in [0.5, 0.6) is 11.5 Å². The Bertz CT molecular complexity index is 540. The predicted molar refractivity (Wildman–Crippen MR) is 78.1 cm³/mol. The summed E-state index contributed by atoms with van der Waals surface area (Å²) in [5.41, 5.74) is 2.02. The molecule has 0 fully saturated rings. The highest BCUT2D eigenvalue weighted by Crippen LogP contribution is 2.24. The molecule has 0 atom stereocenters. The van der Waals surface area contributed by atoms with E-state index in [1.807, 2.05) is 37.3 Å². The summed E-state index contributed by atoms with van der Waals surface area (Å²) in [6, 6.07) is 13.0. The average Bonchev–Trinajstić information content (AvgIpc) is 2.42. The monoisotopic (exact) mass is 277 g/mol. The van der Waals surface area contributed by atoms with Gasteiger partial charge in [0.25, 0.3) is 0 Å². The van der Waals surface area contributed by atoms with Crippen LogP contribution in [0.15, 0.2) is 42.5 Å². The van der Waals surface area contributed by atoms with E-state index < -0.39 is 0 Å². The Morgan fingerprint density at radius 2 is 1.89 bits per heavy atom. The number of aromatic hydroxyl groups is 1. The summed E-state index contributed by atoms with van der Waals surface area (Å²) in [4.78, 5) is 0. The first-order chi connectivity index (χ1) is 9.19. The smallest absolute Gasteiger partial charge is 0.134 e. The molecule has 0 aliphatic heterocycles. The minimum atomic E-state index is 0.103. The second kappa shape index (κ2) is 6.34. The molecule has 0 saturated heterocycles. The lowest BCUT2D eigenvalue weighted by Gasteiger charge is -2.08. The number of halogens is 1. The number of hydrogen-bond donors (Lipinski definition) is 2. The number of ether oxygens (including phenoxy) is 1. The maximum atomic E-state index is 9.34. The van der Waals surface area contributed by atoms with Gasteiger partial charge in [0, 0.05) is 12.2 Å². The van der Waals surface area contributed by atoms with E-state index in [4.69, 9.17) is 16.3 Å². The molecule has 3 nitrogen and oxygen atoms in total. The Labute approximate surface area is 117 Å². The third kappa shape index (κ3) is 3.80. The Morgan fingerprint density at radius 3 is 2.53 bits per heavy atom. The average molecular weight is 278 g/mol. The molecular formula is C15H16ClNO2. The van der Waals surface area contributed by atoms with Gasteiger partial charge in [0.05, 0.1) is 11.6 Å². The SMILES string of the molecule is CCOc1ccc(NCc2ccc(O)c(Cl)c2)cc1. The van der Waals surface area contributed by atoms with Crippen LogP contribution in [0.4, 0.5) is 5.69 Å². The Hall–Kier alpha value is -1.87. The molecule has 0 amide bonds. The molecule has 0 heterocycles. The molecule has 0 aliphatic rings. The normalized spacial score (nSPS) is 10.2. The van der Waals surface area contributed by atoms with Gasteiger partial charge in [0.1, 0.15) is 11.5 Å². The summed E-state index contributed by atoms with van der Waals surface area (Å²) in [7, 11) is 0. The van der Waals surface area contributed by atoms with E-state index in [2.05, 4.69) is 5.32 Å². The van der Waals surface area contributed by atoms with Gasteiger partial charge < -0.3 is 15.2 Å². The van der Waals surface area contributed by atoms with Crippen LogP contribution in [0.3, 0.4) is 0 Å². The van der Waals surface area contributed by atoms with Crippen molar-refractivity contribution in [2.24, 2.45) is 0 Å². The fraction of sp³-hybridized carbons (Fsp3) is 0.200. The van der Waals surface area contributed by atoms with E-state index in [1.54, 1.807) is 12.1 Å². The van der Waals surface area contributed by atoms with E-state index in [9.17, 15) is 5.11 Å². The van der Waals surface area contributed by atoms with E-state index in [0.717, 1.165) is 17.0 Å². The topological polar surface area (TPSA) is 41.5 Å². The zero-order chi connectivity index (χ0) is 13.7. The minimum Gasteiger partial charge on any atom is -0.506 e. The first-order valence-corrected chi connectivity index (χ1v) is 6.51. The first kappa shape index (κ1) is 13.6. The van der Waals surface area contributed by atoms with Crippen molar-refractivity contribution in [3.8, 4) is 11.5 Å². The van der Waals surface area contributed by atoms with Crippen LogP contribution in [0.2, 0.25) is 5.02 Å². The first-order valence-electron chi connectivity index (χ1n) is 6.13. The van der Waals surface area contributed by atoms with Crippen LogP contribution in [0.25, 0.3) is 0 Å². The minimum absolute atomic E-state index is 0.103. The van der Waals surface area contributed by atoms with Crippen molar-refractivity contribution in [1.82, 2.24) is 0 Å². The van der Waals surface area contributed by atoms with E-state index in [1.165, 1.54) is 0 Å². The second-order valence-corrected chi connectivity index (χ2v) is 4.50. The number of hydrogen-bond acceptors (Lipinski definition) is 3. The third-order valence-electron chi connectivity index (χ3n) is 2.67. The van der Waals surface area contributed by atoms with E-state index >= 15 is 0 Å². The molecule has 0 spiro atoms. The molecule has 0 unspecified atom stereocenters. The number of rotatable bonds is 5. The van der Waals surface area contributed by atoms with E-state index in [-0.39, 0.29) is 5.75 Å². The van der Waals surface area contributed by atoms with E-state index in [0.29, 0.717) is 18.2 Å². The van der Waals surface area contributed by atoms with Gasteiger partial charge in [0.2, 0.25) is 0 Å². The molecule has 2 N–H and O–H groups in total. The summed E-state index contributed by atoms with van der Waals surface area (Å²) in [5.74, 6) is 0.965. The predicted octanol–water partition coefficient (Wildman–Crippen LogP) is 4.06. The van der Waals surface area contributed by atoms with Gasteiger partial charge in [-0.25, -0.2) is 0 Å². The molecule has 2 rings (SSSR count). The number of anilines is 1.